The van der Waals surface area contributed by atoms with Gasteiger partial charge in [-0.25, -0.2) is 9.37 Å². The molecule has 2 aromatic heterocycles. The summed E-state index contributed by atoms with van der Waals surface area (Å²) in [5.74, 6) is -2.73. The number of halogens is 1. The number of carboxylic acid groups (broad SMARTS) is 1. The molecule has 0 aliphatic heterocycles. The van der Waals surface area contributed by atoms with E-state index in [1.165, 1.54) is 30.6 Å². The van der Waals surface area contributed by atoms with Crippen molar-refractivity contribution in [1.82, 2.24) is 25.9 Å². The van der Waals surface area contributed by atoms with E-state index in [0.717, 1.165) is 21.2 Å². The molecule has 5 rings (SSSR count). The first-order valence-corrected chi connectivity index (χ1v) is 16.4. The fourth-order valence-corrected chi connectivity index (χ4v) is 6.39. The number of ketones is 1. The second-order valence-electron chi connectivity index (χ2n) is 11.5. The molecule has 0 saturated carbocycles. The lowest BCUT2D eigenvalue weighted by Crippen LogP contribution is -2.54. The molecule has 0 aliphatic carbocycles. The van der Waals surface area contributed by atoms with E-state index in [1.54, 1.807) is 17.5 Å². The maximum atomic E-state index is 14.0. The van der Waals surface area contributed by atoms with Gasteiger partial charge in [-0.1, -0.05) is 48.5 Å². The lowest BCUT2D eigenvalue weighted by atomic mass is 10.0. The number of carbonyl (C=O) groups is 4. The van der Waals surface area contributed by atoms with E-state index < -0.39 is 41.7 Å². The van der Waals surface area contributed by atoms with Gasteiger partial charge in [0.2, 0.25) is 11.8 Å². The topological polar surface area (TPSA) is 153 Å². The summed E-state index contributed by atoms with van der Waals surface area (Å²) in [5.41, 5.74) is 2.78. The highest BCUT2D eigenvalue weighted by Crippen LogP contribution is 2.26. The molecule has 12 heteroatoms. The molecule has 3 aromatic carbocycles. The van der Waals surface area contributed by atoms with Crippen molar-refractivity contribution in [2.75, 3.05) is 6.54 Å². The summed E-state index contributed by atoms with van der Waals surface area (Å²) in [6.45, 7) is 0.139. The average Bonchev–Trinajstić information content (AvgIpc) is 3.76. The molecule has 0 spiro atoms. The largest absolute Gasteiger partial charge is 0.480 e. The maximum Gasteiger partial charge on any atom is 0.321 e. The molecule has 0 unspecified atom stereocenters. The van der Waals surface area contributed by atoms with Crippen LogP contribution in [0.4, 0.5) is 4.39 Å². The number of aliphatic carboxylic acids is 1. The number of fused-ring (bicyclic) bond motifs is 1. The lowest BCUT2D eigenvalue weighted by molar-refractivity contribution is -0.139. The Bertz CT molecular complexity index is 1830. The first-order chi connectivity index (χ1) is 23.2. The van der Waals surface area contributed by atoms with Crippen LogP contribution < -0.4 is 16.0 Å². The number of aromatic amines is 1. The minimum absolute atomic E-state index is 0.110. The van der Waals surface area contributed by atoms with E-state index in [1.807, 2.05) is 60.0 Å². The highest BCUT2D eigenvalue weighted by molar-refractivity contribution is 7.17. The van der Waals surface area contributed by atoms with Crippen LogP contribution in [0.1, 0.15) is 40.0 Å². The van der Waals surface area contributed by atoms with E-state index in [-0.39, 0.29) is 38.0 Å². The maximum absolute atomic E-state index is 14.0. The van der Waals surface area contributed by atoms with Crippen molar-refractivity contribution in [1.29, 1.82) is 0 Å². The third-order valence-corrected chi connectivity index (χ3v) is 8.95. The van der Waals surface area contributed by atoms with Crippen LogP contribution in [0.2, 0.25) is 0 Å². The van der Waals surface area contributed by atoms with Gasteiger partial charge in [0.05, 0.1) is 6.33 Å². The Morgan fingerprint density at radius 2 is 1.60 bits per heavy atom. The minimum atomic E-state index is -1.04. The predicted molar refractivity (Wildman–Crippen MR) is 181 cm³/mol. The summed E-state index contributed by atoms with van der Waals surface area (Å²) in [7, 11) is 0. The number of Topliss-reactive ketones (excluding diaryl/α,β-unsaturated/α-hetero) is 1. The Balaban J connectivity index is 1.31. The Kier molecular flexibility index (Phi) is 11.8. The zero-order chi connectivity index (χ0) is 33.9. The van der Waals surface area contributed by atoms with Crippen molar-refractivity contribution < 1.29 is 28.7 Å². The molecule has 0 bridgehead atoms. The summed E-state index contributed by atoms with van der Waals surface area (Å²) in [4.78, 5) is 58.8. The van der Waals surface area contributed by atoms with E-state index in [2.05, 4.69) is 25.9 Å². The zero-order valence-electron chi connectivity index (χ0n) is 26.0. The summed E-state index contributed by atoms with van der Waals surface area (Å²) in [5, 5.41) is 21.8. The summed E-state index contributed by atoms with van der Waals surface area (Å²) < 4.78 is 14.3. The molecule has 0 aliphatic rings. The van der Waals surface area contributed by atoms with Crippen molar-refractivity contribution >= 4 is 45.0 Å². The quantitative estimate of drug-likeness (QED) is 0.0917. The van der Waals surface area contributed by atoms with Crippen molar-refractivity contribution in [3.8, 4) is 0 Å². The van der Waals surface area contributed by atoms with Gasteiger partial charge in [0.1, 0.15) is 17.9 Å². The number of amides is 2. The lowest BCUT2D eigenvalue weighted by Gasteiger charge is -2.25. The number of carbonyl (C=O) groups excluding carboxylic acids is 3. The van der Waals surface area contributed by atoms with Crippen LogP contribution in [0.15, 0.2) is 96.8 Å². The number of H-pyrrole nitrogens is 1. The molecular weight excluding hydrogens is 633 g/mol. The standard InChI is InChI=1S/C36H36FN5O5S/c37-26-12-10-24(11-13-26)32(43)14-15-34(44)42-30(17-25-21-48-33-9-5-4-8-29(25)33)35(45)41-28(16-23-6-2-1-3-7-23)20-39-31(36(46)47)18-27-19-38-22-40-27/h1-13,19,21-22,28,30-31,39H,14-18,20H2,(H,38,40)(H,41,45)(H,42,44)(H,46,47)/t28-,30+,31+/m1/s1. The molecule has 0 fully saturated rings. The highest BCUT2D eigenvalue weighted by atomic mass is 32.1. The second kappa shape index (κ2) is 16.6. The molecule has 10 nitrogen and oxygen atoms in total. The van der Waals surface area contributed by atoms with Gasteiger partial charge in [0, 0.05) is 60.4 Å². The Hall–Kier alpha value is -5.20. The van der Waals surface area contributed by atoms with Gasteiger partial charge in [-0.15, -0.1) is 11.3 Å². The Morgan fingerprint density at radius 3 is 2.33 bits per heavy atom. The number of carboxylic acids is 1. The Labute approximate surface area is 280 Å². The van der Waals surface area contributed by atoms with Crippen molar-refractivity contribution in [2.24, 2.45) is 0 Å². The van der Waals surface area contributed by atoms with Crippen LogP contribution in [-0.4, -0.2) is 63.3 Å². The number of imidazole rings is 1. The van der Waals surface area contributed by atoms with Crippen LogP contribution in [0, 0.1) is 5.82 Å². The van der Waals surface area contributed by atoms with Crippen LogP contribution in [0.25, 0.3) is 10.1 Å². The number of hydrogen-bond donors (Lipinski definition) is 5. The molecule has 2 heterocycles. The smallest absolute Gasteiger partial charge is 0.321 e. The first kappa shape index (κ1) is 34.1. The molecule has 3 atom stereocenters. The predicted octanol–water partition coefficient (Wildman–Crippen LogP) is 4.47. The molecule has 2 amide bonds. The fourth-order valence-electron chi connectivity index (χ4n) is 5.42. The number of aromatic nitrogens is 2. The third-order valence-electron chi connectivity index (χ3n) is 7.94. The molecular formula is C36H36FN5O5S. The van der Waals surface area contributed by atoms with Gasteiger partial charge in [-0.3, -0.25) is 19.2 Å². The molecule has 248 valence electrons. The zero-order valence-corrected chi connectivity index (χ0v) is 26.8. The van der Waals surface area contributed by atoms with Crippen LogP contribution in [-0.2, 0) is 33.6 Å². The van der Waals surface area contributed by atoms with E-state index in [0.29, 0.717) is 17.7 Å². The van der Waals surface area contributed by atoms with Crippen molar-refractivity contribution in [2.45, 2.75) is 50.2 Å². The SMILES string of the molecule is O=C(CCC(=O)c1ccc(F)cc1)N[C@@H](Cc1csc2ccccc12)C(=O)N[C@@H](CN[C@@H](Cc1cnc[nH]1)C(=O)O)Cc1ccccc1. The molecule has 0 radical (unpaired) electrons. The van der Waals surface area contributed by atoms with Crippen molar-refractivity contribution in [3.05, 3.63) is 125 Å². The molecule has 48 heavy (non-hydrogen) atoms. The Morgan fingerprint density at radius 1 is 0.854 bits per heavy atom. The first-order valence-electron chi connectivity index (χ1n) is 15.6. The number of nitrogens with zero attached hydrogens (tertiary/aromatic N) is 1. The van der Waals surface area contributed by atoms with Crippen LogP contribution in [0.3, 0.4) is 0 Å². The number of hydrogen-bond acceptors (Lipinski definition) is 7. The fraction of sp³-hybridized carbons (Fsp3) is 0.250. The number of rotatable bonds is 17. The number of benzene rings is 3. The van der Waals surface area contributed by atoms with Gasteiger partial charge in [0.25, 0.3) is 0 Å². The second-order valence-corrected chi connectivity index (χ2v) is 12.4. The summed E-state index contributed by atoms with van der Waals surface area (Å²) in [6.07, 6.45) is 3.56. The highest BCUT2D eigenvalue weighted by Gasteiger charge is 2.27. The summed E-state index contributed by atoms with van der Waals surface area (Å²) >= 11 is 1.54. The average molecular weight is 670 g/mol. The van der Waals surface area contributed by atoms with Crippen molar-refractivity contribution in [3.63, 3.8) is 0 Å². The van der Waals surface area contributed by atoms with Gasteiger partial charge in [-0.2, -0.15) is 0 Å². The van der Waals surface area contributed by atoms with Crippen LogP contribution in [0.5, 0.6) is 0 Å². The monoisotopic (exact) mass is 669 g/mol. The van der Waals surface area contributed by atoms with Gasteiger partial charge >= 0.3 is 5.97 Å². The van der Waals surface area contributed by atoms with E-state index >= 15 is 0 Å². The third kappa shape index (κ3) is 9.66. The molecule has 5 N–H and O–H groups in total. The molecule has 5 aromatic rings. The van der Waals surface area contributed by atoms with Gasteiger partial charge in [-0.05, 0) is 58.6 Å². The molecule has 0 saturated heterocycles. The van der Waals surface area contributed by atoms with E-state index in [9.17, 15) is 28.7 Å². The van der Waals surface area contributed by atoms with Crippen LogP contribution >= 0.6 is 11.3 Å². The van der Waals surface area contributed by atoms with Gasteiger partial charge in [0.15, 0.2) is 5.78 Å². The van der Waals surface area contributed by atoms with E-state index in [4.69, 9.17) is 0 Å². The number of nitrogens with one attached hydrogen (secondary N) is 4. The normalized spacial score (nSPS) is 13.0. The summed E-state index contributed by atoms with van der Waals surface area (Å²) in [6, 6.07) is 20.0. The van der Waals surface area contributed by atoms with Gasteiger partial charge < -0.3 is 26.0 Å². The number of thiophene rings is 1. The minimum Gasteiger partial charge on any atom is -0.480 e.